The number of carboxylic acid groups (broad SMARTS) is 1. The van der Waals surface area contributed by atoms with Crippen LogP contribution in [0.5, 0.6) is 0 Å². The Labute approximate surface area is 173 Å². The van der Waals surface area contributed by atoms with Gasteiger partial charge in [0.25, 0.3) is 5.91 Å². The number of hydrogen-bond acceptors (Lipinski definition) is 4. The first-order valence-electron chi connectivity index (χ1n) is 9.07. The number of hydrogen-bond donors (Lipinski definition) is 2. The highest BCUT2D eigenvalue weighted by Crippen LogP contribution is 2.24. The highest BCUT2D eigenvalue weighted by molar-refractivity contribution is 6.31. The van der Waals surface area contributed by atoms with Crippen LogP contribution in [-0.4, -0.2) is 28.5 Å². The number of amides is 1. The number of carbonyl (C=O) groups excluding carboxylic acids is 1. The first kappa shape index (κ1) is 20.4. The van der Waals surface area contributed by atoms with E-state index in [2.05, 4.69) is 10.3 Å². The zero-order valence-electron chi connectivity index (χ0n) is 15.8. The first-order valence-corrected chi connectivity index (χ1v) is 9.45. The molecule has 0 saturated carbocycles. The molecule has 2 N–H and O–H groups in total. The molecule has 0 aliphatic carbocycles. The zero-order chi connectivity index (χ0) is 20.8. The number of carbonyl (C=O) groups is 2. The molecule has 6 nitrogen and oxygen atoms in total. The number of halogens is 1. The number of benzene rings is 2. The van der Waals surface area contributed by atoms with Crippen molar-refractivity contribution in [2.45, 2.75) is 13.5 Å². The number of aromatic carboxylic acids is 1. The van der Waals surface area contributed by atoms with Gasteiger partial charge in [0.2, 0.25) is 0 Å². The minimum absolute atomic E-state index is 0.0201. The van der Waals surface area contributed by atoms with Crippen LogP contribution in [0.1, 0.15) is 33.2 Å². The number of carboxylic acids is 1. The van der Waals surface area contributed by atoms with Gasteiger partial charge in [0.15, 0.2) is 0 Å². The van der Waals surface area contributed by atoms with Crippen LogP contribution in [0.2, 0.25) is 5.02 Å². The Balaban J connectivity index is 1.86. The maximum atomic E-state index is 12.4. The Morgan fingerprint density at radius 1 is 1.10 bits per heavy atom. The molecule has 1 aromatic heterocycles. The topological polar surface area (TPSA) is 82.5 Å². The average Bonchev–Trinajstić information content (AvgIpc) is 2.73. The van der Waals surface area contributed by atoms with Crippen molar-refractivity contribution in [1.82, 2.24) is 4.98 Å². The lowest BCUT2D eigenvalue weighted by atomic mass is 10.1. The highest BCUT2D eigenvalue weighted by Gasteiger charge is 2.19. The molecular weight excluding hydrogens is 390 g/mol. The zero-order valence-corrected chi connectivity index (χ0v) is 16.6. The monoisotopic (exact) mass is 409 g/mol. The van der Waals surface area contributed by atoms with Crippen molar-refractivity contribution in [2.75, 3.05) is 16.8 Å². The molecule has 0 aliphatic heterocycles. The lowest BCUT2D eigenvalue weighted by Crippen LogP contribution is -2.25. The van der Waals surface area contributed by atoms with Crippen LogP contribution < -0.4 is 10.2 Å². The normalized spacial score (nSPS) is 10.4. The molecule has 2 aromatic carbocycles. The van der Waals surface area contributed by atoms with E-state index in [9.17, 15) is 14.7 Å². The van der Waals surface area contributed by atoms with Crippen molar-refractivity contribution in [3.05, 3.63) is 88.6 Å². The summed E-state index contributed by atoms with van der Waals surface area (Å²) in [6, 6.07) is 17.7. The van der Waals surface area contributed by atoms with Crippen molar-refractivity contribution < 1.29 is 14.7 Å². The Morgan fingerprint density at radius 3 is 2.52 bits per heavy atom. The van der Waals surface area contributed by atoms with Crippen LogP contribution in [0.25, 0.3) is 0 Å². The molecule has 0 bridgehead atoms. The Bertz CT molecular complexity index is 1020. The second-order valence-corrected chi connectivity index (χ2v) is 6.80. The third kappa shape index (κ3) is 5.12. The van der Waals surface area contributed by atoms with Gasteiger partial charge in [-0.1, -0.05) is 48.0 Å². The molecule has 0 spiro atoms. The van der Waals surface area contributed by atoms with Crippen LogP contribution in [0.3, 0.4) is 0 Å². The molecule has 3 rings (SSSR count). The van der Waals surface area contributed by atoms with Crippen LogP contribution in [0.15, 0.2) is 66.9 Å². The van der Waals surface area contributed by atoms with Gasteiger partial charge < -0.3 is 15.3 Å². The summed E-state index contributed by atoms with van der Waals surface area (Å²) in [5.74, 6) is -1.16. The fourth-order valence-corrected chi connectivity index (χ4v) is 3.10. The van der Waals surface area contributed by atoms with E-state index in [-0.39, 0.29) is 5.56 Å². The van der Waals surface area contributed by atoms with Crippen molar-refractivity contribution in [2.24, 2.45) is 0 Å². The number of nitrogens with one attached hydrogen (secondary N) is 1. The molecule has 29 heavy (non-hydrogen) atoms. The summed E-state index contributed by atoms with van der Waals surface area (Å²) in [7, 11) is 0. The lowest BCUT2D eigenvalue weighted by molar-refractivity contribution is 0.0696. The third-order valence-corrected chi connectivity index (χ3v) is 4.57. The fraction of sp³-hybridized carbons (Fsp3) is 0.136. The first-order chi connectivity index (χ1) is 14.0. The number of nitrogens with zero attached hydrogens (tertiary/aromatic N) is 2. The molecular formula is C22H20ClN3O3. The molecule has 0 radical (unpaired) electrons. The van der Waals surface area contributed by atoms with E-state index in [1.165, 1.54) is 18.3 Å². The summed E-state index contributed by atoms with van der Waals surface area (Å²) in [5, 5.41) is 12.8. The minimum atomic E-state index is -1.11. The van der Waals surface area contributed by atoms with Gasteiger partial charge in [-0.05, 0) is 36.8 Å². The quantitative estimate of drug-likeness (QED) is 0.590. The summed E-state index contributed by atoms with van der Waals surface area (Å²) < 4.78 is 0. The van der Waals surface area contributed by atoms with Crippen molar-refractivity contribution in [1.29, 1.82) is 0 Å². The third-order valence-electron chi connectivity index (χ3n) is 4.34. The van der Waals surface area contributed by atoms with Gasteiger partial charge in [-0.2, -0.15) is 0 Å². The molecule has 1 heterocycles. The van der Waals surface area contributed by atoms with Gasteiger partial charge in [0.1, 0.15) is 11.4 Å². The van der Waals surface area contributed by atoms with E-state index in [1.807, 2.05) is 42.2 Å². The molecule has 0 saturated heterocycles. The van der Waals surface area contributed by atoms with E-state index in [0.717, 1.165) is 5.56 Å². The van der Waals surface area contributed by atoms with Crippen LogP contribution in [-0.2, 0) is 6.54 Å². The average molecular weight is 410 g/mol. The number of anilines is 2. The Morgan fingerprint density at radius 2 is 1.86 bits per heavy atom. The standard InChI is InChI=1S/C22H20ClN3O3/c1-2-26(14-15-7-4-3-5-8-15)20-19(22(28)29)12-18(13-24-20)25-21(27)16-9-6-10-17(23)11-16/h3-13H,2,14H2,1H3,(H,25,27)(H,28,29). The number of pyridine rings is 1. The smallest absolute Gasteiger partial charge is 0.339 e. The van der Waals surface area contributed by atoms with Gasteiger partial charge in [0.05, 0.1) is 11.9 Å². The van der Waals surface area contributed by atoms with Crippen LogP contribution in [0, 0.1) is 0 Å². The Kier molecular flexibility index (Phi) is 6.46. The second-order valence-electron chi connectivity index (χ2n) is 6.36. The van der Waals surface area contributed by atoms with Crippen molar-refractivity contribution in [3.63, 3.8) is 0 Å². The van der Waals surface area contributed by atoms with E-state index >= 15 is 0 Å². The molecule has 0 aliphatic rings. The summed E-state index contributed by atoms with van der Waals surface area (Å²) in [5.41, 5.74) is 1.74. The lowest BCUT2D eigenvalue weighted by Gasteiger charge is -2.24. The molecule has 7 heteroatoms. The van der Waals surface area contributed by atoms with Gasteiger partial charge in [-0.25, -0.2) is 9.78 Å². The largest absolute Gasteiger partial charge is 0.478 e. The SMILES string of the molecule is CCN(Cc1ccccc1)c1ncc(NC(=O)c2cccc(Cl)c2)cc1C(=O)O. The Hall–Kier alpha value is -3.38. The summed E-state index contributed by atoms with van der Waals surface area (Å²) in [6.45, 7) is 3.04. The molecule has 0 atom stereocenters. The van der Waals surface area contributed by atoms with Crippen LogP contribution >= 0.6 is 11.6 Å². The van der Waals surface area contributed by atoms with E-state index in [0.29, 0.717) is 35.2 Å². The van der Waals surface area contributed by atoms with E-state index < -0.39 is 11.9 Å². The summed E-state index contributed by atoms with van der Waals surface area (Å²) in [4.78, 5) is 30.5. The molecule has 1 amide bonds. The molecule has 148 valence electrons. The van der Waals surface area contributed by atoms with E-state index in [1.54, 1.807) is 18.2 Å². The molecule has 0 fully saturated rings. The van der Waals surface area contributed by atoms with Crippen molar-refractivity contribution in [3.8, 4) is 0 Å². The van der Waals surface area contributed by atoms with Gasteiger partial charge in [-0.15, -0.1) is 0 Å². The van der Waals surface area contributed by atoms with Gasteiger partial charge in [0, 0.05) is 23.7 Å². The number of aromatic nitrogens is 1. The van der Waals surface area contributed by atoms with Gasteiger partial charge >= 0.3 is 5.97 Å². The second kappa shape index (κ2) is 9.21. The van der Waals surface area contributed by atoms with Gasteiger partial charge in [-0.3, -0.25) is 4.79 Å². The van der Waals surface area contributed by atoms with Crippen molar-refractivity contribution >= 4 is 35.0 Å². The fourth-order valence-electron chi connectivity index (χ4n) is 2.91. The number of rotatable bonds is 7. The molecule has 3 aromatic rings. The van der Waals surface area contributed by atoms with E-state index in [4.69, 9.17) is 11.6 Å². The summed E-state index contributed by atoms with van der Waals surface area (Å²) >= 11 is 5.92. The predicted molar refractivity (Wildman–Crippen MR) is 114 cm³/mol. The maximum Gasteiger partial charge on any atom is 0.339 e. The summed E-state index contributed by atoms with van der Waals surface area (Å²) in [6.07, 6.45) is 1.46. The molecule has 0 unspecified atom stereocenters. The highest BCUT2D eigenvalue weighted by atomic mass is 35.5. The predicted octanol–water partition coefficient (Wildman–Crippen LogP) is 4.71. The minimum Gasteiger partial charge on any atom is -0.478 e. The van der Waals surface area contributed by atoms with Crippen LogP contribution in [0.4, 0.5) is 11.5 Å². The maximum absolute atomic E-state index is 12.4.